The van der Waals surface area contributed by atoms with Gasteiger partial charge in [-0.2, -0.15) is 0 Å². The first-order valence-electron chi connectivity index (χ1n) is 8.21. The average molecular weight is 399 g/mol. The smallest absolute Gasteiger partial charge is 0.246 e. The molecular formula is C18H21Cl2FN4O. The van der Waals surface area contributed by atoms with Crippen molar-refractivity contribution in [3.05, 3.63) is 59.4 Å². The lowest BCUT2D eigenvalue weighted by atomic mass is 9.98. The minimum atomic E-state index is -0.360. The van der Waals surface area contributed by atoms with Gasteiger partial charge in [0.25, 0.3) is 0 Å². The molecule has 0 aliphatic carbocycles. The summed E-state index contributed by atoms with van der Waals surface area (Å²) in [7, 11) is 0. The second-order valence-electron chi connectivity index (χ2n) is 6.17. The maximum atomic E-state index is 13.0. The number of H-pyrrole nitrogens is 1. The maximum Gasteiger partial charge on any atom is 0.246 e. The quantitative estimate of drug-likeness (QED) is 0.817. The largest absolute Gasteiger partial charge is 0.348 e. The first kappa shape index (κ1) is 20.4. The summed E-state index contributed by atoms with van der Waals surface area (Å²) in [5.74, 6) is -0.164. The molecule has 0 saturated carbocycles. The first-order chi connectivity index (χ1) is 11.7. The van der Waals surface area contributed by atoms with E-state index in [0.29, 0.717) is 13.1 Å². The maximum absolute atomic E-state index is 13.0. The fraction of sp³-hybridized carbons (Fsp3) is 0.333. The molecule has 1 unspecified atom stereocenters. The molecule has 0 spiro atoms. The molecule has 2 aliphatic rings. The predicted octanol–water partition coefficient (Wildman–Crippen LogP) is 2.90. The molecule has 0 saturated heterocycles. The monoisotopic (exact) mass is 398 g/mol. The molecule has 3 heterocycles. The summed E-state index contributed by atoms with van der Waals surface area (Å²) < 4.78 is 13.0. The van der Waals surface area contributed by atoms with Gasteiger partial charge in [-0.3, -0.25) is 4.79 Å². The molecule has 1 atom stereocenters. The van der Waals surface area contributed by atoms with Crippen molar-refractivity contribution in [1.29, 1.82) is 0 Å². The lowest BCUT2D eigenvalue weighted by Gasteiger charge is -2.31. The van der Waals surface area contributed by atoms with Gasteiger partial charge in [0.2, 0.25) is 5.91 Å². The topological polar surface area (TPSA) is 61.0 Å². The van der Waals surface area contributed by atoms with E-state index < -0.39 is 0 Å². The second-order valence-corrected chi connectivity index (χ2v) is 6.17. The van der Waals surface area contributed by atoms with E-state index in [4.69, 9.17) is 0 Å². The average Bonchev–Trinajstić information content (AvgIpc) is 3.11. The molecule has 0 radical (unpaired) electrons. The Balaban J connectivity index is 0.00000121. The van der Waals surface area contributed by atoms with E-state index in [2.05, 4.69) is 21.4 Å². The van der Waals surface area contributed by atoms with Crippen molar-refractivity contribution in [2.45, 2.75) is 18.9 Å². The number of nitrogens with one attached hydrogen (secondary N) is 2. The lowest BCUT2D eigenvalue weighted by molar-refractivity contribution is -0.133. The number of aromatic nitrogens is 2. The van der Waals surface area contributed by atoms with Gasteiger partial charge in [-0.25, -0.2) is 9.37 Å². The van der Waals surface area contributed by atoms with E-state index in [-0.39, 0.29) is 42.6 Å². The predicted molar refractivity (Wildman–Crippen MR) is 103 cm³/mol. The number of halogens is 3. The minimum Gasteiger partial charge on any atom is -0.348 e. The SMILES string of the molecule is Cl.Cl.O=C(C1NCCc2[nH]cnc21)N1CC=C(c2ccc(F)cc2)CC1. The van der Waals surface area contributed by atoms with Crippen LogP contribution in [0.15, 0.2) is 36.7 Å². The van der Waals surface area contributed by atoms with Crippen LogP contribution in [0.2, 0.25) is 0 Å². The van der Waals surface area contributed by atoms with Crippen molar-refractivity contribution in [3.8, 4) is 0 Å². The number of fused-ring (bicyclic) bond motifs is 1. The zero-order chi connectivity index (χ0) is 16.5. The molecule has 2 aliphatic heterocycles. The summed E-state index contributed by atoms with van der Waals surface area (Å²) in [5, 5.41) is 3.27. The van der Waals surface area contributed by atoms with E-state index >= 15 is 0 Å². The third-order valence-corrected chi connectivity index (χ3v) is 4.73. The number of carbonyl (C=O) groups is 1. The van der Waals surface area contributed by atoms with Crippen LogP contribution in [0, 0.1) is 5.82 Å². The van der Waals surface area contributed by atoms with Crippen LogP contribution in [0.25, 0.3) is 5.57 Å². The Morgan fingerprint density at radius 1 is 1.19 bits per heavy atom. The summed E-state index contributed by atoms with van der Waals surface area (Å²) in [4.78, 5) is 22.1. The number of amides is 1. The number of hydrogen-bond acceptors (Lipinski definition) is 3. The molecule has 2 aromatic rings. The molecular weight excluding hydrogens is 378 g/mol. The number of aromatic amines is 1. The first-order valence-corrected chi connectivity index (χ1v) is 8.21. The van der Waals surface area contributed by atoms with Crippen molar-refractivity contribution in [2.75, 3.05) is 19.6 Å². The minimum absolute atomic E-state index is 0. The van der Waals surface area contributed by atoms with E-state index in [0.717, 1.165) is 41.9 Å². The molecule has 5 nitrogen and oxygen atoms in total. The number of imidazole rings is 1. The highest BCUT2D eigenvalue weighted by atomic mass is 35.5. The van der Waals surface area contributed by atoms with Crippen molar-refractivity contribution >= 4 is 36.3 Å². The van der Waals surface area contributed by atoms with Crippen LogP contribution in [0.1, 0.15) is 29.4 Å². The van der Waals surface area contributed by atoms with Gasteiger partial charge in [0, 0.05) is 31.7 Å². The van der Waals surface area contributed by atoms with Crippen molar-refractivity contribution in [2.24, 2.45) is 0 Å². The highest BCUT2D eigenvalue weighted by Gasteiger charge is 2.32. The Morgan fingerprint density at radius 3 is 2.65 bits per heavy atom. The molecule has 1 aromatic carbocycles. The van der Waals surface area contributed by atoms with Gasteiger partial charge in [0.15, 0.2) is 0 Å². The van der Waals surface area contributed by atoms with Crippen LogP contribution in [-0.2, 0) is 11.2 Å². The number of carbonyl (C=O) groups excluding carboxylic acids is 1. The van der Waals surface area contributed by atoms with E-state index in [1.54, 1.807) is 18.5 Å². The molecule has 2 N–H and O–H groups in total. The van der Waals surface area contributed by atoms with E-state index in [1.807, 2.05) is 4.90 Å². The highest BCUT2D eigenvalue weighted by molar-refractivity contribution is 5.86. The van der Waals surface area contributed by atoms with Crippen LogP contribution in [0.4, 0.5) is 4.39 Å². The van der Waals surface area contributed by atoms with Crippen molar-refractivity contribution in [3.63, 3.8) is 0 Å². The molecule has 0 fully saturated rings. The third kappa shape index (κ3) is 3.92. The molecule has 26 heavy (non-hydrogen) atoms. The summed E-state index contributed by atoms with van der Waals surface area (Å²) >= 11 is 0. The van der Waals surface area contributed by atoms with Gasteiger partial charge < -0.3 is 15.2 Å². The standard InChI is InChI=1S/C18H19FN4O.2ClH/c19-14-3-1-12(2-4-14)13-6-9-23(10-7-13)18(24)17-16-15(5-8-20-17)21-11-22-16;;/h1-4,6,11,17,20H,5,7-10H2,(H,21,22);2*1H. The van der Waals surface area contributed by atoms with Gasteiger partial charge in [0.1, 0.15) is 11.9 Å². The molecule has 0 bridgehead atoms. The fourth-order valence-corrected chi connectivity index (χ4v) is 3.40. The van der Waals surface area contributed by atoms with Crippen LogP contribution in [-0.4, -0.2) is 40.4 Å². The van der Waals surface area contributed by atoms with Crippen molar-refractivity contribution < 1.29 is 9.18 Å². The van der Waals surface area contributed by atoms with Crippen LogP contribution in [0.3, 0.4) is 0 Å². The van der Waals surface area contributed by atoms with Crippen LogP contribution in [0.5, 0.6) is 0 Å². The Bertz CT molecular complexity index is 791. The van der Waals surface area contributed by atoms with Gasteiger partial charge in [-0.1, -0.05) is 18.2 Å². The number of nitrogens with zero attached hydrogens (tertiary/aromatic N) is 2. The van der Waals surface area contributed by atoms with Crippen molar-refractivity contribution in [1.82, 2.24) is 20.2 Å². The fourth-order valence-electron chi connectivity index (χ4n) is 3.40. The zero-order valence-electron chi connectivity index (χ0n) is 14.1. The number of benzene rings is 1. The zero-order valence-corrected chi connectivity index (χ0v) is 15.7. The Morgan fingerprint density at radius 2 is 1.96 bits per heavy atom. The molecule has 4 rings (SSSR count). The highest BCUT2D eigenvalue weighted by Crippen LogP contribution is 2.26. The lowest BCUT2D eigenvalue weighted by Crippen LogP contribution is -2.45. The summed E-state index contributed by atoms with van der Waals surface area (Å²) in [5.41, 5.74) is 4.05. The van der Waals surface area contributed by atoms with E-state index in [1.165, 1.54) is 12.1 Å². The number of hydrogen-bond donors (Lipinski definition) is 2. The summed E-state index contributed by atoms with van der Waals surface area (Å²) in [6.07, 6.45) is 5.36. The van der Waals surface area contributed by atoms with Gasteiger partial charge in [0.05, 0.1) is 12.0 Å². The van der Waals surface area contributed by atoms with Crippen LogP contribution >= 0.6 is 24.8 Å². The molecule has 8 heteroatoms. The van der Waals surface area contributed by atoms with Gasteiger partial charge in [-0.05, 0) is 29.7 Å². The normalized spacial score (nSPS) is 18.9. The molecule has 1 aromatic heterocycles. The Hall–Kier alpha value is -1.89. The Kier molecular flexibility index (Phi) is 6.81. The summed E-state index contributed by atoms with van der Waals surface area (Å²) in [6.45, 7) is 2.01. The van der Waals surface area contributed by atoms with E-state index in [9.17, 15) is 9.18 Å². The number of rotatable bonds is 2. The Labute approximate surface area is 163 Å². The third-order valence-electron chi connectivity index (χ3n) is 4.73. The van der Waals surface area contributed by atoms with Gasteiger partial charge in [-0.15, -0.1) is 24.8 Å². The second kappa shape index (κ2) is 8.66. The summed E-state index contributed by atoms with van der Waals surface area (Å²) in [6, 6.07) is 6.16. The van der Waals surface area contributed by atoms with Gasteiger partial charge >= 0.3 is 0 Å². The molecule has 140 valence electrons. The van der Waals surface area contributed by atoms with Crippen LogP contribution < -0.4 is 5.32 Å². The molecule has 1 amide bonds.